The van der Waals surface area contributed by atoms with Crippen LogP contribution in [-0.4, -0.2) is 36.0 Å². The van der Waals surface area contributed by atoms with Gasteiger partial charge < -0.3 is 10.2 Å². The Balaban J connectivity index is 0.00000147. The molecule has 2 unspecified atom stereocenters. The Morgan fingerprint density at radius 2 is 2.15 bits per heavy atom. The molecule has 0 aliphatic carbocycles. The van der Waals surface area contributed by atoms with Gasteiger partial charge in [0.1, 0.15) is 0 Å². The number of hydrogen-bond acceptors (Lipinski definition) is 3. The maximum Gasteiger partial charge on any atom is 0.223 e. The zero-order valence-corrected chi connectivity index (χ0v) is 13.7. The molecule has 0 spiro atoms. The minimum absolute atomic E-state index is 0. The van der Waals surface area contributed by atoms with E-state index in [0.717, 1.165) is 36.7 Å². The summed E-state index contributed by atoms with van der Waals surface area (Å²) in [5, 5.41) is 3.43. The van der Waals surface area contributed by atoms with Gasteiger partial charge in [0.25, 0.3) is 0 Å². The molecular formula is C14H20Cl2N2OS. The van der Waals surface area contributed by atoms with Crippen LogP contribution in [0.25, 0.3) is 0 Å². The number of rotatable bonds is 3. The zero-order valence-electron chi connectivity index (χ0n) is 11.3. The molecule has 6 heteroatoms. The third-order valence-corrected chi connectivity index (χ3v) is 5.45. The van der Waals surface area contributed by atoms with Gasteiger partial charge >= 0.3 is 0 Å². The molecule has 2 atom stereocenters. The average molecular weight is 335 g/mol. The summed E-state index contributed by atoms with van der Waals surface area (Å²) in [6, 6.07) is 4.83. The van der Waals surface area contributed by atoms with Gasteiger partial charge in [-0.25, -0.2) is 0 Å². The van der Waals surface area contributed by atoms with E-state index in [1.54, 1.807) is 11.3 Å². The van der Waals surface area contributed by atoms with Crippen LogP contribution in [0.15, 0.2) is 12.1 Å². The number of nitrogens with one attached hydrogen (secondary N) is 1. The first-order valence-electron chi connectivity index (χ1n) is 7.00. The Hall–Kier alpha value is -0.290. The highest BCUT2D eigenvalue weighted by Crippen LogP contribution is 2.29. The van der Waals surface area contributed by atoms with Crippen LogP contribution in [0.3, 0.4) is 0 Å². The van der Waals surface area contributed by atoms with Crippen molar-refractivity contribution < 1.29 is 4.79 Å². The van der Waals surface area contributed by atoms with Crippen LogP contribution in [-0.2, 0) is 11.2 Å². The molecule has 0 saturated carbocycles. The van der Waals surface area contributed by atoms with E-state index in [2.05, 4.69) is 10.2 Å². The summed E-state index contributed by atoms with van der Waals surface area (Å²) in [4.78, 5) is 15.8. The molecule has 3 rings (SSSR count). The summed E-state index contributed by atoms with van der Waals surface area (Å²) >= 11 is 7.50. The van der Waals surface area contributed by atoms with Crippen molar-refractivity contribution in [3.63, 3.8) is 0 Å². The number of nitrogens with zero attached hydrogens (tertiary/aromatic N) is 1. The van der Waals surface area contributed by atoms with Gasteiger partial charge in [-0.05, 0) is 44.4 Å². The monoisotopic (exact) mass is 334 g/mol. The highest BCUT2D eigenvalue weighted by atomic mass is 35.5. The quantitative estimate of drug-likeness (QED) is 0.921. The number of fused-ring (bicyclic) bond motifs is 2. The fourth-order valence-corrected chi connectivity index (χ4v) is 4.32. The van der Waals surface area contributed by atoms with E-state index < -0.39 is 0 Å². The Morgan fingerprint density at radius 1 is 1.35 bits per heavy atom. The van der Waals surface area contributed by atoms with E-state index >= 15 is 0 Å². The van der Waals surface area contributed by atoms with Crippen LogP contribution < -0.4 is 5.32 Å². The number of hydrogen-bond donors (Lipinski definition) is 1. The first kappa shape index (κ1) is 16.1. The van der Waals surface area contributed by atoms with Crippen LogP contribution in [0.2, 0.25) is 4.34 Å². The number of carbonyl (C=O) groups excluding carboxylic acids is 1. The lowest BCUT2D eigenvalue weighted by Gasteiger charge is -2.27. The van der Waals surface area contributed by atoms with Crippen molar-refractivity contribution in [1.29, 1.82) is 0 Å². The zero-order chi connectivity index (χ0) is 13.2. The van der Waals surface area contributed by atoms with Crippen molar-refractivity contribution in [2.24, 2.45) is 0 Å². The van der Waals surface area contributed by atoms with Crippen molar-refractivity contribution in [3.8, 4) is 0 Å². The molecule has 0 aromatic carbocycles. The molecule has 1 amide bonds. The van der Waals surface area contributed by atoms with Gasteiger partial charge in [-0.15, -0.1) is 23.7 Å². The Bertz CT molecular complexity index is 452. The predicted molar refractivity (Wildman–Crippen MR) is 86.0 cm³/mol. The van der Waals surface area contributed by atoms with Crippen LogP contribution >= 0.6 is 35.3 Å². The summed E-state index contributed by atoms with van der Waals surface area (Å²) in [6.07, 6.45) is 4.88. The highest BCUT2D eigenvalue weighted by Gasteiger charge is 2.37. The van der Waals surface area contributed by atoms with Crippen molar-refractivity contribution in [3.05, 3.63) is 21.3 Å². The fourth-order valence-electron chi connectivity index (χ4n) is 3.23. The van der Waals surface area contributed by atoms with Crippen LogP contribution in [0.5, 0.6) is 0 Å². The molecule has 2 aliphatic heterocycles. The van der Waals surface area contributed by atoms with Crippen molar-refractivity contribution >= 4 is 41.3 Å². The average Bonchev–Trinajstić information content (AvgIpc) is 2.89. The van der Waals surface area contributed by atoms with Crippen LogP contribution in [0.4, 0.5) is 0 Å². The number of aryl methyl sites for hydroxylation is 1. The van der Waals surface area contributed by atoms with E-state index in [4.69, 9.17) is 11.6 Å². The SMILES string of the molecule is Cl.O=C(CCc1ccc(Cl)s1)N1C2CCNCC1CC2. The number of amides is 1. The molecule has 3 heterocycles. The maximum atomic E-state index is 12.5. The van der Waals surface area contributed by atoms with Gasteiger partial charge in [-0.3, -0.25) is 4.79 Å². The lowest BCUT2D eigenvalue weighted by atomic mass is 10.1. The minimum atomic E-state index is 0. The van der Waals surface area contributed by atoms with Gasteiger partial charge in [-0.2, -0.15) is 0 Å². The number of thiophene rings is 1. The van der Waals surface area contributed by atoms with E-state index in [1.165, 1.54) is 11.3 Å². The van der Waals surface area contributed by atoms with E-state index in [9.17, 15) is 4.79 Å². The molecule has 112 valence electrons. The molecule has 2 fully saturated rings. The summed E-state index contributed by atoms with van der Waals surface area (Å²) < 4.78 is 0.807. The largest absolute Gasteiger partial charge is 0.335 e. The molecule has 2 saturated heterocycles. The molecule has 1 N–H and O–H groups in total. The Kier molecular flexibility index (Phi) is 5.73. The molecule has 3 nitrogen and oxygen atoms in total. The van der Waals surface area contributed by atoms with Gasteiger partial charge in [0.15, 0.2) is 0 Å². The molecule has 20 heavy (non-hydrogen) atoms. The predicted octanol–water partition coefficient (Wildman–Crippen LogP) is 3.11. The topological polar surface area (TPSA) is 32.3 Å². The van der Waals surface area contributed by atoms with E-state index in [1.807, 2.05) is 12.1 Å². The fraction of sp³-hybridized carbons (Fsp3) is 0.643. The first-order chi connectivity index (χ1) is 9.24. The second-order valence-corrected chi connectivity index (χ2v) is 7.18. The molecular weight excluding hydrogens is 315 g/mol. The molecule has 2 bridgehead atoms. The highest BCUT2D eigenvalue weighted by molar-refractivity contribution is 7.16. The second kappa shape index (κ2) is 7.12. The van der Waals surface area contributed by atoms with Crippen LogP contribution in [0, 0.1) is 0 Å². The Morgan fingerprint density at radius 3 is 2.90 bits per heavy atom. The Labute approximate surface area is 135 Å². The van der Waals surface area contributed by atoms with Crippen LogP contribution in [0.1, 0.15) is 30.6 Å². The summed E-state index contributed by atoms with van der Waals surface area (Å²) in [5.74, 6) is 0.320. The minimum Gasteiger partial charge on any atom is -0.335 e. The van der Waals surface area contributed by atoms with Gasteiger partial charge in [-0.1, -0.05) is 11.6 Å². The lowest BCUT2D eigenvalue weighted by molar-refractivity contribution is -0.133. The normalized spacial score (nSPS) is 25.1. The number of carbonyl (C=O) groups is 1. The van der Waals surface area contributed by atoms with E-state index in [-0.39, 0.29) is 12.4 Å². The summed E-state index contributed by atoms with van der Waals surface area (Å²) in [5.41, 5.74) is 0. The molecule has 1 aromatic rings. The first-order valence-corrected chi connectivity index (χ1v) is 8.19. The lowest BCUT2D eigenvalue weighted by Crippen LogP contribution is -2.42. The third kappa shape index (κ3) is 3.48. The summed E-state index contributed by atoms with van der Waals surface area (Å²) in [6.45, 7) is 2.01. The van der Waals surface area contributed by atoms with Gasteiger partial charge in [0.05, 0.1) is 4.34 Å². The molecule has 2 aliphatic rings. The third-order valence-electron chi connectivity index (χ3n) is 4.16. The van der Waals surface area contributed by atoms with Crippen molar-refractivity contribution in [2.75, 3.05) is 13.1 Å². The second-order valence-electron chi connectivity index (χ2n) is 5.38. The smallest absolute Gasteiger partial charge is 0.223 e. The number of halogens is 2. The molecule has 0 radical (unpaired) electrons. The standard InChI is InChI=1S/C14H19ClN2OS.ClH/c15-13-5-3-12(19-13)4-6-14(18)17-10-1-2-11(17)9-16-8-7-10;/h3,5,10-11,16H,1-2,4,6-9H2;1H. The molecule has 1 aromatic heterocycles. The van der Waals surface area contributed by atoms with Gasteiger partial charge in [0, 0.05) is 29.9 Å². The summed E-state index contributed by atoms with van der Waals surface area (Å²) in [7, 11) is 0. The maximum absolute atomic E-state index is 12.5. The van der Waals surface area contributed by atoms with Gasteiger partial charge in [0.2, 0.25) is 5.91 Å². The van der Waals surface area contributed by atoms with Crippen molar-refractivity contribution in [2.45, 2.75) is 44.2 Å². The van der Waals surface area contributed by atoms with Crippen molar-refractivity contribution in [1.82, 2.24) is 10.2 Å². The van der Waals surface area contributed by atoms with E-state index in [0.29, 0.717) is 24.4 Å².